The van der Waals surface area contributed by atoms with Crippen LogP contribution in [-0.4, -0.2) is 72.3 Å². The van der Waals surface area contributed by atoms with Gasteiger partial charge in [0.25, 0.3) is 5.91 Å². The predicted molar refractivity (Wildman–Crippen MR) is 205 cm³/mol. The number of carbonyl (C=O) groups is 3. The molecule has 5 rings (SSSR count). The van der Waals surface area contributed by atoms with E-state index in [0.29, 0.717) is 18.9 Å². The van der Waals surface area contributed by atoms with Crippen LogP contribution in [0.2, 0.25) is 0 Å². The molecule has 0 unspecified atom stereocenters. The van der Waals surface area contributed by atoms with Crippen molar-refractivity contribution in [3.63, 3.8) is 0 Å². The Morgan fingerprint density at radius 1 is 1.02 bits per heavy atom. The van der Waals surface area contributed by atoms with Crippen molar-refractivity contribution < 1.29 is 19.1 Å². The molecule has 3 aromatic carbocycles. The molecule has 12 heteroatoms. The molecule has 51 heavy (non-hydrogen) atoms. The second-order valence-corrected chi connectivity index (χ2v) is 13.4. The number of aromatic nitrogens is 2. The number of benzene rings is 3. The van der Waals surface area contributed by atoms with Gasteiger partial charge in [-0.3, -0.25) is 4.79 Å². The molecule has 4 N–H and O–H groups in total. The van der Waals surface area contributed by atoms with Crippen molar-refractivity contribution in [2.45, 2.75) is 45.8 Å². The number of carbonyl (C=O) groups excluding carboxylic acids is 3. The van der Waals surface area contributed by atoms with Gasteiger partial charge in [-0.2, -0.15) is 0 Å². The van der Waals surface area contributed by atoms with Crippen molar-refractivity contribution >= 4 is 51.9 Å². The highest BCUT2D eigenvalue weighted by Crippen LogP contribution is 2.28. The summed E-state index contributed by atoms with van der Waals surface area (Å²) >= 11 is 1.58. The minimum Gasteiger partial charge on any atom is -0.449 e. The number of ether oxygens (including phenoxy) is 1. The van der Waals surface area contributed by atoms with E-state index < -0.39 is 12.1 Å². The Bertz CT molecular complexity index is 1920. The van der Waals surface area contributed by atoms with Gasteiger partial charge in [-0.05, 0) is 85.9 Å². The van der Waals surface area contributed by atoms with Gasteiger partial charge in [0.05, 0.1) is 13.2 Å². The molecular formula is C39H47N7O4S. The van der Waals surface area contributed by atoms with Gasteiger partial charge in [-0.15, -0.1) is 11.3 Å². The third-order valence-corrected chi connectivity index (χ3v) is 9.08. The number of thiazole rings is 1. The summed E-state index contributed by atoms with van der Waals surface area (Å²) in [4.78, 5) is 48.2. The third-order valence-electron chi connectivity index (χ3n) is 8.32. The molecule has 0 aliphatic rings. The maximum Gasteiger partial charge on any atom is 0.406 e. The zero-order valence-corrected chi connectivity index (χ0v) is 30.9. The molecule has 0 saturated heterocycles. The molecular weight excluding hydrogens is 663 g/mol. The largest absolute Gasteiger partial charge is 0.449 e. The van der Waals surface area contributed by atoms with E-state index >= 15 is 0 Å². The zero-order valence-electron chi connectivity index (χ0n) is 30.1. The Morgan fingerprint density at radius 3 is 2.47 bits per heavy atom. The number of aldehydes is 1. The van der Waals surface area contributed by atoms with Gasteiger partial charge < -0.3 is 35.7 Å². The number of nitrogens with two attached hydrogens (primary N) is 1. The summed E-state index contributed by atoms with van der Waals surface area (Å²) in [5.74, 6) is 0.593. The van der Waals surface area contributed by atoms with Gasteiger partial charge in [-0.25, -0.2) is 14.8 Å². The van der Waals surface area contributed by atoms with E-state index in [1.807, 2.05) is 112 Å². The van der Waals surface area contributed by atoms with Crippen LogP contribution in [0.4, 0.5) is 16.3 Å². The predicted octanol–water partition coefficient (Wildman–Crippen LogP) is 6.80. The van der Waals surface area contributed by atoms with Crippen LogP contribution in [0.3, 0.4) is 0 Å². The zero-order chi connectivity index (χ0) is 36.9. The number of pyridine rings is 1. The van der Waals surface area contributed by atoms with Crippen molar-refractivity contribution in [3.05, 3.63) is 117 Å². The lowest BCUT2D eigenvalue weighted by Gasteiger charge is -2.22. The van der Waals surface area contributed by atoms with Gasteiger partial charge >= 0.3 is 6.09 Å². The fourth-order valence-corrected chi connectivity index (χ4v) is 6.30. The van der Waals surface area contributed by atoms with Gasteiger partial charge in [-0.1, -0.05) is 43.3 Å². The lowest BCUT2D eigenvalue weighted by Crippen LogP contribution is -2.31. The topological polar surface area (TPSA) is 143 Å². The molecule has 0 radical (unpaired) electrons. The monoisotopic (exact) mass is 709 g/mol. The van der Waals surface area contributed by atoms with E-state index in [1.165, 1.54) is 7.05 Å². The Balaban J connectivity index is 0.000000244. The Labute approximate surface area is 303 Å². The van der Waals surface area contributed by atoms with Crippen molar-refractivity contribution in [1.29, 1.82) is 0 Å². The van der Waals surface area contributed by atoms with Crippen molar-refractivity contribution in [2.75, 3.05) is 45.3 Å². The molecule has 2 atom stereocenters. The summed E-state index contributed by atoms with van der Waals surface area (Å²) in [5.41, 5.74) is 11.5. The summed E-state index contributed by atoms with van der Waals surface area (Å²) in [5, 5.41) is 10.4. The highest BCUT2D eigenvalue weighted by atomic mass is 32.1. The highest BCUT2D eigenvalue weighted by molar-refractivity contribution is 7.09. The van der Waals surface area contributed by atoms with E-state index in [4.69, 9.17) is 10.5 Å². The van der Waals surface area contributed by atoms with Gasteiger partial charge in [0.1, 0.15) is 23.2 Å². The average Bonchev–Trinajstić information content (AvgIpc) is 3.65. The van der Waals surface area contributed by atoms with Crippen LogP contribution >= 0.6 is 11.3 Å². The molecule has 0 aliphatic carbocycles. The second-order valence-electron chi connectivity index (χ2n) is 12.4. The van der Waals surface area contributed by atoms with Crippen molar-refractivity contribution in [3.8, 4) is 0 Å². The van der Waals surface area contributed by atoms with Crippen molar-refractivity contribution in [1.82, 2.24) is 25.1 Å². The first-order valence-electron chi connectivity index (χ1n) is 16.8. The lowest BCUT2D eigenvalue weighted by molar-refractivity contribution is -0.108. The van der Waals surface area contributed by atoms with E-state index in [2.05, 4.69) is 25.5 Å². The van der Waals surface area contributed by atoms with Crippen LogP contribution in [0.1, 0.15) is 63.4 Å². The summed E-state index contributed by atoms with van der Waals surface area (Å²) in [6, 6.07) is 20.8. The number of fused-ring (bicyclic) bond motifs is 1. The average molecular weight is 710 g/mol. The number of nitrogens with zero attached hydrogens (tertiary/aromatic N) is 4. The SMILES string of the molecule is CCN(Cc1nccs1)C(=O)c1ccccc1CN(C)C.CNC(=O)OC[C@H](C)c1ccc([C@H](C=O)Nc2ccc3c(N)nccc3c2)cc1C. The first kappa shape index (κ1) is 38.5. The fraction of sp³-hybridized carbons (Fsp3) is 0.308. The van der Waals surface area contributed by atoms with Gasteiger partial charge in [0.15, 0.2) is 0 Å². The van der Waals surface area contributed by atoms with Crippen LogP contribution in [0, 0.1) is 6.92 Å². The Kier molecular flexibility index (Phi) is 14.0. The normalized spacial score (nSPS) is 12.0. The number of alkyl carbamates (subject to hydrolysis) is 1. The van der Waals surface area contributed by atoms with Gasteiger partial charge in [0.2, 0.25) is 0 Å². The number of anilines is 2. The fourth-order valence-electron chi connectivity index (χ4n) is 5.67. The molecule has 268 valence electrons. The van der Waals surface area contributed by atoms with Crippen molar-refractivity contribution in [2.24, 2.45) is 0 Å². The quantitative estimate of drug-likeness (QED) is 0.113. The first-order chi connectivity index (χ1) is 24.5. The number of nitrogen functional groups attached to an aromatic ring is 1. The number of hydrogen-bond donors (Lipinski definition) is 3. The Hall–Kier alpha value is -5.33. The Morgan fingerprint density at radius 2 is 1.80 bits per heavy atom. The number of amides is 2. The van der Waals surface area contributed by atoms with E-state index in [1.54, 1.807) is 23.7 Å². The standard InChI is InChI=1S/C23H26N4O3.C16H21N3OS/c1-14-10-17(4-6-19(14)15(2)13-30-23(29)25-3)21(12-28)27-18-5-7-20-16(11-18)8-9-26-22(20)24;1-4-19(12-15-17-9-10-21-15)16(20)14-8-6-5-7-13(14)11-18(2)3/h4-12,15,21,27H,13H2,1-3H3,(H2,24,26)(H,25,29);5-10H,4,11-12H2,1-3H3/t15-,21-;/m0./s1. The van der Waals surface area contributed by atoms with E-state index in [0.717, 1.165) is 62.1 Å². The molecule has 5 aromatic rings. The smallest absolute Gasteiger partial charge is 0.406 e. The molecule has 2 aromatic heterocycles. The van der Waals surface area contributed by atoms with E-state index in [-0.39, 0.29) is 18.4 Å². The first-order valence-corrected chi connectivity index (χ1v) is 17.6. The molecule has 0 aliphatic heterocycles. The maximum absolute atomic E-state index is 12.8. The molecule has 2 heterocycles. The maximum atomic E-state index is 12.8. The van der Waals surface area contributed by atoms with Crippen LogP contribution in [-0.2, 0) is 22.6 Å². The summed E-state index contributed by atoms with van der Waals surface area (Å²) < 4.78 is 5.15. The molecule has 0 bridgehead atoms. The number of hydrogen-bond acceptors (Lipinski definition) is 10. The third kappa shape index (κ3) is 10.6. The summed E-state index contributed by atoms with van der Waals surface area (Å²) in [6.07, 6.45) is 3.88. The minimum absolute atomic E-state index is 0.0403. The molecule has 0 fully saturated rings. The minimum atomic E-state index is -0.494. The molecule has 0 spiro atoms. The molecule has 0 saturated carbocycles. The van der Waals surface area contributed by atoms with Crippen LogP contribution in [0.25, 0.3) is 10.8 Å². The number of nitrogens with one attached hydrogen (secondary N) is 2. The molecule has 11 nitrogen and oxygen atoms in total. The van der Waals surface area contributed by atoms with Crippen LogP contribution < -0.4 is 16.4 Å². The second kappa shape index (κ2) is 18.6. The van der Waals surface area contributed by atoms with Crippen LogP contribution in [0.15, 0.2) is 84.5 Å². The van der Waals surface area contributed by atoms with E-state index in [9.17, 15) is 14.4 Å². The molecule has 2 amide bonds. The van der Waals surface area contributed by atoms with Crippen LogP contribution in [0.5, 0.6) is 0 Å². The summed E-state index contributed by atoms with van der Waals surface area (Å²) in [7, 11) is 5.55. The number of rotatable bonds is 13. The van der Waals surface area contributed by atoms with Gasteiger partial charge in [0, 0.05) is 60.5 Å². The highest BCUT2D eigenvalue weighted by Gasteiger charge is 2.19. The lowest BCUT2D eigenvalue weighted by atomic mass is 9.93. The number of aryl methyl sites for hydroxylation is 1. The summed E-state index contributed by atoms with van der Waals surface area (Å²) in [6.45, 7) is 8.28.